The number of carboxylic acid groups (broad SMARTS) is 1. The molecule has 25 heavy (non-hydrogen) atoms. The minimum atomic E-state index is -1.12. The van der Waals surface area contributed by atoms with Gasteiger partial charge in [-0.05, 0) is 31.0 Å². The molecule has 0 aliphatic carbocycles. The van der Waals surface area contributed by atoms with Crippen LogP contribution in [0.4, 0.5) is 4.39 Å². The number of carboxylic acids is 1. The molecule has 0 saturated carbocycles. The van der Waals surface area contributed by atoms with Crippen molar-refractivity contribution in [1.29, 1.82) is 0 Å². The number of aromatic nitrogens is 1. The summed E-state index contributed by atoms with van der Waals surface area (Å²) in [5.41, 5.74) is 0.207. The van der Waals surface area contributed by atoms with E-state index < -0.39 is 23.7 Å². The average Bonchev–Trinajstić information content (AvgIpc) is 3.07. The summed E-state index contributed by atoms with van der Waals surface area (Å²) in [6.07, 6.45) is 1.41. The Morgan fingerprint density at radius 1 is 1.48 bits per heavy atom. The maximum atomic E-state index is 13.9. The van der Waals surface area contributed by atoms with Crippen molar-refractivity contribution >= 4 is 22.8 Å². The van der Waals surface area contributed by atoms with Crippen molar-refractivity contribution in [1.82, 2.24) is 10.3 Å². The number of aromatic amines is 1. The van der Waals surface area contributed by atoms with E-state index in [1.807, 2.05) is 0 Å². The van der Waals surface area contributed by atoms with Crippen LogP contribution in [0.2, 0.25) is 0 Å². The fourth-order valence-electron chi connectivity index (χ4n) is 3.09. The van der Waals surface area contributed by atoms with Crippen molar-refractivity contribution in [3.8, 4) is 5.75 Å². The van der Waals surface area contributed by atoms with E-state index in [1.165, 1.54) is 25.3 Å². The van der Waals surface area contributed by atoms with Gasteiger partial charge in [0.1, 0.15) is 23.3 Å². The van der Waals surface area contributed by atoms with E-state index in [0.717, 1.165) is 6.42 Å². The number of nitrogens with one attached hydrogen (secondary N) is 2. The normalized spacial score (nSPS) is 18.7. The molecule has 1 aromatic heterocycles. The number of ether oxygens (including phenoxy) is 2. The van der Waals surface area contributed by atoms with Gasteiger partial charge in [-0.3, -0.25) is 4.79 Å². The smallest absolute Gasteiger partial charge is 0.326 e. The number of aliphatic carboxylic acids is 1. The minimum absolute atomic E-state index is 0.0707. The topological polar surface area (TPSA) is 101 Å². The van der Waals surface area contributed by atoms with E-state index in [1.54, 1.807) is 0 Å². The summed E-state index contributed by atoms with van der Waals surface area (Å²) >= 11 is 0. The molecule has 1 fully saturated rings. The van der Waals surface area contributed by atoms with Crippen LogP contribution in [0.5, 0.6) is 5.75 Å². The first-order valence-electron chi connectivity index (χ1n) is 7.98. The Bertz CT molecular complexity index is 798. The summed E-state index contributed by atoms with van der Waals surface area (Å²) in [5.74, 6) is -2.14. The molecule has 2 unspecified atom stereocenters. The van der Waals surface area contributed by atoms with Crippen molar-refractivity contribution < 1.29 is 28.6 Å². The van der Waals surface area contributed by atoms with Crippen LogP contribution in [0.15, 0.2) is 18.2 Å². The van der Waals surface area contributed by atoms with Gasteiger partial charge < -0.3 is 24.9 Å². The largest absolute Gasteiger partial charge is 0.496 e. The van der Waals surface area contributed by atoms with Crippen LogP contribution in [0.3, 0.4) is 0 Å². The molecule has 0 radical (unpaired) electrons. The Labute approximate surface area is 143 Å². The molecule has 1 aliphatic rings. The van der Waals surface area contributed by atoms with Gasteiger partial charge in [0, 0.05) is 17.9 Å². The lowest BCUT2D eigenvalue weighted by Crippen LogP contribution is -2.48. The third kappa shape index (κ3) is 3.43. The highest BCUT2D eigenvalue weighted by atomic mass is 19.1. The Balaban J connectivity index is 1.85. The van der Waals surface area contributed by atoms with Crippen LogP contribution >= 0.6 is 0 Å². The van der Waals surface area contributed by atoms with E-state index >= 15 is 0 Å². The molecule has 1 amide bonds. The van der Waals surface area contributed by atoms with Crippen molar-refractivity contribution in [3.05, 3.63) is 29.7 Å². The Kier molecular flexibility index (Phi) is 4.89. The quantitative estimate of drug-likeness (QED) is 0.765. The van der Waals surface area contributed by atoms with Gasteiger partial charge in [-0.15, -0.1) is 0 Å². The second-order valence-corrected chi connectivity index (χ2v) is 5.99. The first-order valence-corrected chi connectivity index (χ1v) is 7.98. The summed E-state index contributed by atoms with van der Waals surface area (Å²) in [6.45, 7) is 0.879. The Hall–Kier alpha value is -2.61. The molecule has 3 N–H and O–H groups in total. The number of H-pyrrole nitrogens is 1. The standard InChI is InChI=1S/C17H19FN2O5/c1-24-13-5-4-11(18)15-10(13)7-12(19-15)16(21)20-14(17(22)23)9-3-2-6-25-8-9/h4-5,7,9,14,19H,2-3,6,8H2,1H3,(H,20,21)(H,22,23). The predicted molar refractivity (Wildman–Crippen MR) is 87.2 cm³/mol. The first kappa shape index (κ1) is 17.2. The lowest BCUT2D eigenvalue weighted by molar-refractivity contribution is -0.142. The molecule has 0 bridgehead atoms. The number of rotatable bonds is 5. The van der Waals surface area contributed by atoms with Crippen LogP contribution < -0.4 is 10.1 Å². The third-order valence-electron chi connectivity index (χ3n) is 4.39. The van der Waals surface area contributed by atoms with Crippen molar-refractivity contribution in [2.75, 3.05) is 20.3 Å². The zero-order valence-electron chi connectivity index (χ0n) is 13.7. The fraction of sp³-hybridized carbons (Fsp3) is 0.412. The fourth-order valence-corrected chi connectivity index (χ4v) is 3.09. The van der Waals surface area contributed by atoms with Gasteiger partial charge in [-0.25, -0.2) is 9.18 Å². The highest BCUT2D eigenvalue weighted by molar-refractivity contribution is 6.01. The summed E-state index contributed by atoms with van der Waals surface area (Å²) in [7, 11) is 1.45. The number of hydrogen-bond donors (Lipinski definition) is 3. The Morgan fingerprint density at radius 2 is 2.28 bits per heavy atom. The maximum absolute atomic E-state index is 13.9. The molecule has 2 aromatic rings. The molecule has 2 heterocycles. The number of carbonyl (C=O) groups excluding carboxylic acids is 1. The number of methoxy groups -OCH3 is 1. The first-order chi connectivity index (χ1) is 12.0. The van der Waals surface area contributed by atoms with Crippen LogP contribution in [-0.4, -0.2) is 48.3 Å². The second kappa shape index (κ2) is 7.10. The number of carbonyl (C=O) groups is 2. The van der Waals surface area contributed by atoms with Gasteiger partial charge in [0.15, 0.2) is 0 Å². The van der Waals surface area contributed by atoms with Crippen molar-refractivity contribution in [3.63, 3.8) is 0 Å². The Morgan fingerprint density at radius 3 is 2.92 bits per heavy atom. The number of amides is 1. The summed E-state index contributed by atoms with van der Waals surface area (Å²) in [4.78, 5) is 26.7. The molecular weight excluding hydrogens is 331 g/mol. The van der Waals surface area contributed by atoms with Gasteiger partial charge in [-0.1, -0.05) is 0 Å². The third-order valence-corrected chi connectivity index (χ3v) is 4.39. The molecule has 1 saturated heterocycles. The lowest BCUT2D eigenvalue weighted by Gasteiger charge is -2.27. The molecule has 134 valence electrons. The van der Waals surface area contributed by atoms with Gasteiger partial charge in [0.25, 0.3) is 5.91 Å². The SMILES string of the molecule is COc1ccc(F)c2[nH]c(C(=O)NC(C(=O)O)C3CCCOC3)cc12. The second-order valence-electron chi connectivity index (χ2n) is 5.99. The van der Waals surface area contributed by atoms with E-state index in [-0.39, 0.29) is 23.7 Å². The van der Waals surface area contributed by atoms with E-state index in [0.29, 0.717) is 24.2 Å². The molecule has 2 atom stereocenters. The van der Waals surface area contributed by atoms with Gasteiger partial charge in [0.2, 0.25) is 0 Å². The van der Waals surface area contributed by atoms with Gasteiger partial charge in [0.05, 0.1) is 19.2 Å². The van der Waals surface area contributed by atoms with Crippen molar-refractivity contribution in [2.24, 2.45) is 5.92 Å². The van der Waals surface area contributed by atoms with Crippen LogP contribution in [0.25, 0.3) is 10.9 Å². The molecule has 1 aromatic carbocycles. The van der Waals surface area contributed by atoms with E-state index in [4.69, 9.17) is 9.47 Å². The predicted octanol–water partition coefficient (Wildman–Crippen LogP) is 1.93. The number of fused-ring (bicyclic) bond motifs is 1. The maximum Gasteiger partial charge on any atom is 0.326 e. The van der Waals surface area contributed by atoms with Crippen LogP contribution in [-0.2, 0) is 9.53 Å². The molecule has 0 spiro atoms. The van der Waals surface area contributed by atoms with E-state index in [2.05, 4.69) is 10.3 Å². The average molecular weight is 350 g/mol. The molecule has 3 rings (SSSR count). The molecule has 8 heteroatoms. The highest BCUT2D eigenvalue weighted by Crippen LogP contribution is 2.28. The molecular formula is C17H19FN2O5. The highest BCUT2D eigenvalue weighted by Gasteiger charge is 2.32. The summed E-state index contributed by atoms with van der Waals surface area (Å²) in [6, 6.07) is 3.08. The van der Waals surface area contributed by atoms with Gasteiger partial charge in [-0.2, -0.15) is 0 Å². The van der Waals surface area contributed by atoms with Crippen molar-refractivity contribution in [2.45, 2.75) is 18.9 Å². The lowest BCUT2D eigenvalue weighted by atomic mass is 9.93. The zero-order valence-corrected chi connectivity index (χ0v) is 13.7. The minimum Gasteiger partial charge on any atom is -0.496 e. The van der Waals surface area contributed by atoms with Gasteiger partial charge >= 0.3 is 5.97 Å². The number of halogens is 1. The van der Waals surface area contributed by atoms with Crippen LogP contribution in [0, 0.1) is 11.7 Å². The zero-order chi connectivity index (χ0) is 18.0. The van der Waals surface area contributed by atoms with Crippen LogP contribution in [0.1, 0.15) is 23.3 Å². The summed E-state index contributed by atoms with van der Waals surface area (Å²) in [5, 5.41) is 12.4. The molecule has 1 aliphatic heterocycles. The monoisotopic (exact) mass is 350 g/mol. The summed E-state index contributed by atoms with van der Waals surface area (Å²) < 4.78 is 24.4. The molecule has 7 nitrogen and oxygen atoms in total. The number of hydrogen-bond acceptors (Lipinski definition) is 4. The number of benzene rings is 1. The van der Waals surface area contributed by atoms with E-state index in [9.17, 15) is 19.1 Å².